The molecule has 1 unspecified atom stereocenters. The van der Waals surface area contributed by atoms with E-state index in [1.807, 2.05) is 11.8 Å². The number of hydrogen-bond donors (Lipinski definition) is 1. The molecular weight excluding hydrogens is 130 g/mol. The van der Waals surface area contributed by atoms with Crippen LogP contribution < -0.4 is 5.73 Å². The fourth-order valence-electron chi connectivity index (χ4n) is 0.703. The lowest BCUT2D eigenvalue weighted by molar-refractivity contribution is 0.699. The fourth-order valence-corrected chi connectivity index (χ4v) is 1.46. The minimum Gasteiger partial charge on any atom is -0.319 e. The van der Waals surface area contributed by atoms with E-state index >= 15 is 0 Å². The van der Waals surface area contributed by atoms with Gasteiger partial charge in [-0.3, -0.25) is 0 Å². The number of nitrogens with two attached hydrogens (primary N) is 1. The molecule has 1 nitrogen and oxygen atoms in total. The minimum absolute atomic E-state index is 0.384. The third-order valence-corrected chi connectivity index (χ3v) is 2.22. The molecular formula is C7H17NS. The van der Waals surface area contributed by atoms with Crippen molar-refractivity contribution in [3.05, 3.63) is 0 Å². The third kappa shape index (κ3) is 6.19. The molecule has 9 heavy (non-hydrogen) atoms. The summed E-state index contributed by atoms with van der Waals surface area (Å²) < 4.78 is 0. The predicted octanol–water partition coefficient (Wildman–Crippen LogP) is 2.21. The van der Waals surface area contributed by atoms with Crippen molar-refractivity contribution >= 4 is 11.8 Å². The van der Waals surface area contributed by atoms with E-state index in [2.05, 4.69) is 13.8 Å². The number of rotatable bonds is 5. The molecule has 0 rings (SSSR count). The van der Waals surface area contributed by atoms with Crippen LogP contribution in [0.4, 0.5) is 0 Å². The summed E-state index contributed by atoms with van der Waals surface area (Å²) in [6.45, 7) is 4.35. The number of unbranched alkanes of at least 4 members (excludes halogenated alkanes) is 1. The molecule has 1 atom stereocenters. The van der Waals surface area contributed by atoms with Crippen LogP contribution in [0.1, 0.15) is 33.1 Å². The maximum Gasteiger partial charge on any atom is 0.0507 e. The summed E-state index contributed by atoms with van der Waals surface area (Å²) in [7, 11) is 0. The van der Waals surface area contributed by atoms with Gasteiger partial charge in [0, 0.05) is 0 Å². The molecule has 0 saturated carbocycles. The van der Waals surface area contributed by atoms with Gasteiger partial charge in [-0.25, -0.2) is 0 Å². The van der Waals surface area contributed by atoms with Crippen molar-refractivity contribution in [2.24, 2.45) is 5.73 Å². The highest BCUT2D eigenvalue weighted by Crippen LogP contribution is 2.10. The molecule has 0 amide bonds. The van der Waals surface area contributed by atoms with Crippen molar-refractivity contribution in [3.63, 3.8) is 0 Å². The normalized spacial score (nSPS) is 13.7. The first-order valence-electron chi connectivity index (χ1n) is 3.68. The Balaban J connectivity index is 2.95. The van der Waals surface area contributed by atoms with Gasteiger partial charge in [-0.15, -0.1) is 11.8 Å². The zero-order chi connectivity index (χ0) is 7.11. The van der Waals surface area contributed by atoms with Gasteiger partial charge in [0.1, 0.15) is 0 Å². The van der Waals surface area contributed by atoms with E-state index in [4.69, 9.17) is 5.73 Å². The van der Waals surface area contributed by atoms with Crippen molar-refractivity contribution in [2.45, 2.75) is 38.5 Å². The van der Waals surface area contributed by atoms with Gasteiger partial charge in [0.25, 0.3) is 0 Å². The van der Waals surface area contributed by atoms with E-state index < -0.39 is 0 Å². The van der Waals surface area contributed by atoms with E-state index in [1.165, 1.54) is 19.3 Å². The first kappa shape index (κ1) is 9.31. The van der Waals surface area contributed by atoms with Crippen LogP contribution in [0.2, 0.25) is 0 Å². The largest absolute Gasteiger partial charge is 0.319 e. The summed E-state index contributed by atoms with van der Waals surface area (Å²) in [5, 5.41) is 0.384. The van der Waals surface area contributed by atoms with Crippen LogP contribution in [-0.4, -0.2) is 11.1 Å². The van der Waals surface area contributed by atoms with Gasteiger partial charge in [0.05, 0.1) is 5.37 Å². The highest BCUT2D eigenvalue weighted by atomic mass is 32.2. The van der Waals surface area contributed by atoms with Crippen LogP contribution in [0.15, 0.2) is 0 Å². The zero-order valence-electron chi connectivity index (χ0n) is 6.39. The van der Waals surface area contributed by atoms with E-state index in [0.717, 1.165) is 5.75 Å². The Hall–Kier alpha value is 0.310. The summed E-state index contributed by atoms with van der Waals surface area (Å²) in [5.74, 6) is 1.14. The van der Waals surface area contributed by atoms with E-state index in [-0.39, 0.29) is 0 Å². The molecule has 0 fully saturated rings. The molecule has 0 radical (unpaired) electrons. The van der Waals surface area contributed by atoms with Crippen molar-refractivity contribution in [1.82, 2.24) is 0 Å². The average Bonchev–Trinajstić information content (AvgIpc) is 1.85. The molecule has 0 aromatic heterocycles. The quantitative estimate of drug-likeness (QED) is 0.603. The van der Waals surface area contributed by atoms with Crippen LogP contribution in [0.25, 0.3) is 0 Å². The highest BCUT2D eigenvalue weighted by molar-refractivity contribution is 7.99. The van der Waals surface area contributed by atoms with Crippen LogP contribution in [0.5, 0.6) is 0 Å². The summed E-state index contributed by atoms with van der Waals surface area (Å²) in [6, 6.07) is 0. The molecule has 0 spiro atoms. The van der Waals surface area contributed by atoms with Crippen LogP contribution in [0, 0.1) is 0 Å². The lowest BCUT2D eigenvalue weighted by atomic mass is 10.2. The van der Waals surface area contributed by atoms with Gasteiger partial charge in [0.15, 0.2) is 0 Å². The van der Waals surface area contributed by atoms with Crippen molar-refractivity contribution in [1.29, 1.82) is 0 Å². The maximum absolute atomic E-state index is 5.73. The summed E-state index contributed by atoms with van der Waals surface area (Å²) in [6.07, 6.45) is 3.71. The monoisotopic (exact) mass is 147 g/mol. The van der Waals surface area contributed by atoms with E-state index in [0.29, 0.717) is 5.37 Å². The first-order chi connectivity index (χ1) is 4.31. The van der Waals surface area contributed by atoms with Gasteiger partial charge in [0.2, 0.25) is 0 Å². The summed E-state index contributed by atoms with van der Waals surface area (Å²) >= 11 is 1.85. The van der Waals surface area contributed by atoms with Crippen molar-refractivity contribution in [3.8, 4) is 0 Å². The van der Waals surface area contributed by atoms with Crippen molar-refractivity contribution in [2.75, 3.05) is 5.75 Å². The molecule has 56 valence electrons. The first-order valence-corrected chi connectivity index (χ1v) is 4.73. The number of thioether (sulfide) groups is 1. The number of hydrogen-bond acceptors (Lipinski definition) is 2. The molecule has 0 aromatic rings. The smallest absolute Gasteiger partial charge is 0.0507 e. The molecule has 0 saturated heterocycles. The fraction of sp³-hybridized carbons (Fsp3) is 1.00. The van der Waals surface area contributed by atoms with Gasteiger partial charge >= 0.3 is 0 Å². The van der Waals surface area contributed by atoms with E-state index in [1.54, 1.807) is 0 Å². The Morgan fingerprint density at radius 1 is 1.44 bits per heavy atom. The SMILES string of the molecule is CCCCC(N)SCC. The second-order valence-electron chi connectivity index (χ2n) is 2.14. The Bertz CT molecular complexity index is 56.9. The van der Waals surface area contributed by atoms with Gasteiger partial charge < -0.3 is 5.73 Å². The lowest BCUT2D eigenvalue weighted by Gasteiger charge is -2.07. The Morgan fingerprint density at radius 2 is 2.11 bits per heavy atom. The molecule has 0 aliphatic carbocycles. The zero-order valence-corrected chi connectivity index (χ0v) is 7.21. The lowest BCUT2D eigenvalue weighted by Crippen LogP contribution is -2.14. The Morgan fingerprint density at radius 3 is 2.56 bits per heavy atom. The van der Waals surface area contributed by atoms with Gasteiger partial charge in [-0.05, 0) is 12.2 Å². The molecule has 2 N–H and O–H groups in total. The minimum atomic E-state index is 0.384. The standard InChI is InChI=1S/C7H17NS/c1-3-5-6-7(8)9-4-2/h7H,3-6,8H2,1-2H3. The van der Waals surface area contributed by atoms with Crippen LogP contribution in [0.3, 0.4) is 0 Å². The van der Waals surface area contributed by atoms with Crippen LogP contribution in [-0.2, 0) is 0 Å². The molecule has 0 heterocycles. The second kappa shape index (κ2) is 6.43. The average molecular weight is 147 g/mol. The maximum atomic E-state index is 5.73. The molecule has 0 aliphatic heterocycles. The van der Waals surface area contributed by atoms with Crippen LogP contribution >= 0.6 is 11.8 Å². The molecule has 0 bridgehead atoms. The molecule has 0 aliphatic rings. The Labute approximate surface area is 62.4 Å². The molecule has 0 aromatic carbocycles. The Kier molecular flexibility index (Phi) is 6.65. The topological polar surface area (TPSA) is 26.0 Å². The van der Waals surface area contributed by atoms with E-state index in [9.17, 15) is 0 Å². The van der Waals surface area contributed by atoms with Crippen molar-refractivity contribution < 1.29 is 0 Å². The van der Waals surface area contributed by atoms with Gasteiger partial charge in [-0.1, -0.05) is 26.7 Å². The molecule has 2 heteroatoms. The highest BCUT2D eigenvalue weighted by Gasteiger charge is 1.97. The third-order valence-electron chi connectivity index (χ3n) is 1.22. The van der Waals surface area contributed by atoms with Gasteiger partial charge in [-0.2, -0.15) is 0 Å². The summed E-state index contributed by atoms with van der Waals surface area (Å²) in [5.41, 5.74) is 5.73. The predicted molar refractivity (Wildman–Crippen MR) is 45.6 cm³/mol. The second-order valence-corrected chi connectivity index (χ2v) is 3.65. The summed E-state index contributed by atoms with van der Waals surface area (Å²) in [4.78, 5) is 0.